The van der Waals surface area contributed by atoms with E-state index in [0.717, 1.165) is 32.2 Å². The molecule has 1 aromatic carbocycles. The molecule has 0 saturated carbocycles. The molecule has 1 atom stereocenters. The van der Waals surface area contributed by atoms with Crippen LogP contribution >= 0.6 is 0 Å². The third-order valence-electron chi connectivity index (χ3n) is 3.98. The average molecular weight is 291 g/mol. The summed E-state index contributed by atoms with van der Waals surface area (Å²) in [6, 6.07) is 10.7. The summed E-state index contributed by atoms with van der Waals surface area (Å²) in [6.07, 6.45) is 5.16. The van der Waals surface area contributed by atoms with E-state index in [9.17, 15) is 4.79 Å². The summed E-state index contributed by atoms with van der Waals surface area (Å²) < 4.78 is 10.2. The van der Waals surface area contributed by atoms with E-state index in [1.165, 1.54) is 12.0 Å². The summed E-state index contributed by atoms with van der Waals surface area (Å²) in [4.78, 5) is 14.0. The molecule has 1 aliphatic rings. The Morgan fingerprint density at radius 2 is 2.05 bits per heavy atom. The standard InChI is InChI=1S/C17H25NO3/c1-20-13-14-21-17(19)18-12-6-5-9-16(18)11-10-15-7-3-2-4-8-15/h2-4,7-8,16H,5-6,9-14H2,1H3/t16-/m0/s1. The van der Waals surface area contributed by atoms with Gasteiger partial charge in [0.2, 0.25) is 0 Å². The summed E-state index contributed by atoms with van der Waals surface area (Å²) in [5.41, 5.74) is 1.33. The van der Waals surface area contributed by atoms with Crippen LogP contribution in [-0.2, 0) is 15.9 Å². The van der Waals surface area contributed by atoms with E-state index < -0.39 is 0 Å². The fourth-order valence-corrected chi connectivity index (χ4v) is 2.81. The van der Waals surface area contributed by atoms with Crippen molar-refractivity contribution < 1.29 is 14.3 Å². The summed E-state index contributed by atoms with van der Waals surface area (Å²) in [6.45, 7) is 1.59. The molecule has 1 heterocycles. The number of carbonyl (C=O) groups excluding carboxylic acids is 1. The highest BCUT2D eigenvalue weighted by molar-refractivity contribution is 5.68. The zero-order chi connectivity index (χ0) is 14.9. The van der Waals surface area contributed by atoms with Gasteiger partial charge < -0.3 is 14.4 Å². The smallest absolute Gasteiger partial charge is 0.410 e. The molecule has 0 spiro atoms. The lowest BCUT2D eigenvalue weighted by Gasteiger charge is -2.35. The first-order chi connectivity index (χ1) is 10.3. The van der Waals surface area contributed by atoms with Crippen molar-refractivity contribution in [1.29, 1.82) is 0 Å². The lowest BCUT2D eigenvalue weighted by Crippen LogP contribution is -2.44. The lowest BCUT2D eigenvalue weighted by molar-refractivity contribution is 0.0511. The quantitative estimate of drug-likeness (QED) is 0.755. The SMILES string of the molecule is COCCOC(=O)N1CCCC[C@H]1CCc1ccccc1. The Morgan fingerprint density at radius 1 is 1.24 bits per heavy atom. The second-order valence-electron chi connectivity index (χ2n) is 5.47. The molecule has 116 valence electrons. The van der Waals surface area contributed by atoms with Crippen LogP contribution in [-0.4, -0.2) is 43.9 Å². The average Bonchev–Trinajstić information content (AvgIpc) is 2.54. The molecule has 0 unspecified atom stereocenters. The molecule has 4 heteroatoms. The van der Waals surface area contributed by atoms with Gasteiger partial charge in [0.25, 0.3) is 0 Å². The molecule has 0 radical (unpaired) electrons. The van der Waals surface area contributed by atoms with Gasteiger partial charge in [-0.3, -0.25) is 0 Å². The van der Waals surface area contributed by atoms with Crippen LogP contribution in [0, 0.1) is 0 Å². The van der Waals surface area contributed by atoms with Gasteiger partial charge in [-0.05, 0) is 37.7 Å². The number of amides is 1. The molecule has 1 fully saturated rings. The van der Waals surface area contributed by atoms with Crippen molar-refractivity contribution in [2.75, 3.05) is 26.9 Å². The summed E-state index contributed by atoms with van der Waals surface area (Å²) in [5.74, 6) is 0. The number of likely N-dealkylation sites (tertiary alicyclic amines) is 1. The van der Waals surface area contributed by atoms with Crippen molar-refractivity contribution in [3.63, 3.8) is 0 Å². The zero-order valence-corrected chi connectivity index (χ0v) is 12.8. The Hall–Kier alpha value is -1.55. The number of hydrogen-bond acceptors (Lipinski definition) is 3. The van der Waals surface area contributed by atoms with E-state index in [2.05, 4.69) is 24.3 Å². The highest BCUT2D eigenvalue weighted by Gasteiger charge is 2.27. The number of piperidine rings is 1. The van der Waals surface area contributed by atoms with Crippen molar-refractivity contribution >= 4 is 6.09 Å². The number of ether oxygens (including phenoxy) is 2. The maximum absolute atomic E-state index is 12.1. The number of hydrogen-bond donors (Lipinski definition) is 0. The fraction of sp³-hybridized carbons (Fsp3) is 0.588. The van der Waals surface area contributed by atoms with Crippen molar-refractivity contribution in [3.8, 4) is 0 Å². The second kappa shape index (κ2) is 8.67. The number of benzene rings is 1. The van der Waals surface area contributed by atoms with Gasteiger partial charge in [0.15, 0.2) is 0 Å². The molecular weight excluding hydrogens is 266 g/mol. The second-order valence-corrected chi connectivity index (χ2v) is 5.47. The van der Waals surface area contributed by atoms with E-state index in [4.69, 9.17) is 9.47 Å². The van der Waals surface area contributed by atoms with E-state index in [-0.39, 0.29) is 6.09 Å². The normalized spacial score (nSPS) is 18.5. The molecule has 1 aromatic rings. The first kappa shape index (κ1) is 15.8. The number of rotatable bonds is 6. The monoisotopic (exact) mass is 291 g/mol. The topological polar surface area (TPSA) is 38.8 Å². The minimum atomic E-state index is -0.190. The minimum Gasteiger partial charge on any atom is -0.447 e. The minimum absolute atomic E-state index is 0.190. The van der Waals surface area contributed by atoms with E-state index in [1.54, 1.807) is 7.11 Å². The van der Waals surface area contributed by atoms with Crippen LogP contribution in [0.25, 0.3) is 0 Å². The molecule has 0 aromatic heterocycles. The Morgan fingerprint density at radius 3 is 2.81 bits per heavy atom. The molecule has 21 heavy (non-hydrogen) atoms. The van der Waals surface area contributed by atoms with Gasteiger partial charge >= 0.3 is 6.09 Å². The third-order valence-corrected chi connectivity index (χ3v) is 3.98. The molecule has 0 N–H and O–H groups in total. The molecule has 0 bridgehead atoms. The fourth-order valence-electron chi connectivity index (χ4n) is 2.81. The summed E-state index contributed by atoms with van der Waals surface area (Å²) >= 11 is 0. The number of nitrogens with zero attached hydrogens (tertiary/aromatic N) is 1. The molecular formula is C17H25NO3. The van der Waals surface area contributed by atoms with Crippen LogP contribution in [0.4, 0.5) is 4.79 Å². The van der Waals surface area contributed by atoms with Crippen molar-refractivity contribution in [3.05, 3.63) is 35.9 Å². The van der Waals surface area contributed by atoms with Gasteiger partial charge in [-0.2, -0.15) is 0 Å². The summed E-state index contributed by atoms with van der Waals surface area (Å²) in [7, 11) is 1.61. The van der Waals surface area contributed by atoms with Gasteiger partial charge in [-0.15, -0.1) is 0 Å². The molecule has 1 amide bonds. The lowest BCUT2D eigenvalue weighted by atomic mass is 9.96. The van der Waals surface area contributed by atoms with Gasteiger partial charge in [0.1, 0.15) is 6.61 Å². The first-order valence-electron chi connectivity index (χ1n) is 7.77. The number of aryl methyl sites for hydroxylation is 1. The molecule has 4 nitrogen and oxygen atoms in total. The van der Waals surface area contributed by atoms with Crippen LogP contribution < -0.4 is 0 Å². The van der Waals surface area contributed by atoms with Crippen molar-refractivity contribution in [2.24, 2.45) is 0 Å². The maximum Gasteiger partial charge on any atom is 0.410 e. The van der Waals surface area contributed by atoms with Crippen LogP contribution in [0.2, 0.25) is 0 Å². The third kappa shape index (κ3) is 5.05. The Kier molecular flexibility index (Phi) is 6.54. The predicted octanol–water partition coefficient (Wildman–Crippen LogP) is 3.26. The number of carbonyl (C=O) groups is 1. The van der Waals surface area contributed by atoms with Crippen LogP contribution in [0.3, 0.4) is 0 Å². The maximum atomic E-state index is 12.1. The highest BCUT2D eigenvalue weighted by Crippen LogP contribution is 2.22. The van der Waals surface area contributed by atoms with Gasteiger partial charge in [0.05, 0.1) is 6.61 Å². The highest BCUT2D eigenvalue weighted by atomic mass is 16.6. The Bertz CT molecular complexity index is 421. The van der Waals surface area contributed by atoms with Gasteiger partial charge in [-0.1, -0.05) is 30.3 Å². The Balaban J connectivity index is 1.84. The molecule has 0 aliphatic carbocycles. The zero-order valence-electron chi connectivity index (χ0n) is 12.8. The largest absolute Gasteiger partial charge is 0.447 e. The van der Waals surface area contributed by atoms with Crippen LogP contribution in [0.15, 0.2) is 30.3 Å². The van der Waals surface area contributed by atoms with Gasteiger partial charge in [0, 0.05) is 19.7 Å². The van der Waals surface area contributed by atoms with Gasteiger partial charge in [-0.25, -0.2) is 4.79 Å². The first-order valence-corrected chi connectivity index (χ1v) is 7.77. The van der Waals surface area contributed by atoms with Crippen molar-refractivity contribution in [1.82, 2.24) is 4.90 Å². The molecule has 1 aliphatic heterocycles. The number of methoxy groups -OCH3 is 1. The van der Waals surface area contributed by atoms with E-state index >= 15 is 0 Å². The summed E-state index contributed by atoms with van der Waals surface area (Å²) in [5, 5.41) is 0. The predicted molar refractivity (Wildman–Crippen MR) is 82.3 cm³/mol. The molecule has 2 rings (SSSR count). The molecule has 1 saturated heterocycles. The van der Waals surface area contributed by atoms with Crippen LogP contribution in [0.5, 0.6) is 0 Å². The van der Waals surface area contributed by atoms with E-state index in [0.29, 0.717) is 19.3 Å². The van der Waals surface area contributed by atoms with E-state index in [1.807, 2.05) is 11.0 Å². The Labute approximate surface area is 127 Å². The van der Waals surface area contributed by atoms with Crippen LogP contribution in [0.1, 0.15) is 31.2 Å². The van der Waals surface area contributed by atoms with Crippen molar-refractivity contribution in [2.45, 2.75) is 38.1 Å².